The van der Waals surface area contributed by atoms with E-state index in [-0.39, 0.29) is 0 Å². The molecule has 72 valence electrons. The summed E-state index contributed by atoms with van der Waals surface area (Å²) in [6, 6.07) is 5.99. The number of hydrogen-bond donors (Lipinski definition) is 0. The van der Waals surface area contributed by atoms with Crippen molar-refractivity contribution >= 4 is 11.3 Å². The van der Waals surface area contributed by atoms with E-state index in [1.165, 1.54) is 0 Å². The van der Waals surface area contributed by atoms with Gasteiger partial charge in [0, 0.05) is 6.20 Å². The van der Waals surface area contributed by atoms with Gasteiger partial charge >= 0.3 is 0 Å². The van der Waals surface area contributed by atoms with Crippen molar-refractivity contribution < 1.29 is 0 Å². The first kappa shape index (κ1) is 9.51. The van der Waals surface area contributed by atoms with Gasteiger partial charge in [0.05, 0.1) is 10.4 Å². The van der Waals surface area contributed by atoms with Crippen LogP contribution >= 0.6 is 11.3 Å². The van der Waals surface area contributed by atoms with Crippen LogP contribution in [0.1, 0.15) is 5.56 Å². The summed E-state index contributed by atoms with van der Waals surface area (Å²) in [4.78, 5) is 0.988. The second-order valence-corrected chi connectivity index (χ2v) is 3.83. The van der Waals surface area contributed by atoms with Crippen molar-refractivity contribution in [1.82, 2.24) is 9.78 Å². The number of aromatic nitrogens is 2. The van der Waals surface area contributed by atoms with Crippen LogP contribution in [0, 0.1) is 23.7 Å². The van der Waals surface area contributed by atoms with E-state index in [1.807, 2.05) is 17.5 Å². The van der Waals surface area contributed by atoms with Crippen LogP contribution < -0.4 is 0 Å². The fourth-order valence-electron chi connectivity index (χ4n) is 1.27. The van der Waals surface area contributed by atoms with Crippen molar-refractivity contribution in [2.24, 2.45) is 0 Å². The molecule has 0 bridgehead atoms. The molecule has 0 radical (unpaired) electrons. The molecule has 0 fully saturated rings. The zero-order valence-electron chi connectivity index (χ0n) is 7.84. The molecule has 0 aliphatic carbocycles. The van der Waals surface area contributed by atoms with Gasteiger partial charge in [-0.2, -0.15) is 10.4 Å². The normalized spacial score (nSPS) is 9.47. The first-order chi connectivity index (χ1) is 7.35. The number of nitrogens with zero attached hydrogens (tertiary/aromatic N) is 3. The molecule has 3 nitrogen and oxygen atoms in total. The van der Waals surface area contributed by atoms with Gasteiger partial charge in [0.2, 0.25) is 0 Å². The third-order valence-corrected chi connectivity index (χ3v) is 2.77. The maximum Gasteiger partial charge on any atom is 0.120 e. The Morgan fingerprint density at radius 2 is 2.47 bits per heavy atom. The highest BCUT2D eigenvalue weighted by atomic mass is 32.1. The van der Waals surface area contributed by atoms with Crippen LogP contribution in [0.5, 0.6) is 0 Å². The molecule has 0 aliphatic heterocycles. The summed E-state index contributed by atoms with van der Waals surface area (Å²) in [5.41, 5.74) is 1.27. The smallest absolute Gasteiger partial charge is 0.120 e. The average molecular weight is 213 g/mol. The van der Waals surface area contributed by atoms with Crippen molar-refractivity contribution in [2.75, 3.05) is 0 Å². The Morgan fingerprint density at radius 3 is 3.07 bits per heavy atom. The van der Waals surface area contributed by atoms with Gasteiger partial charge in [-0.1, -0.05) is 12.0 Å². The standard InChI is InChI=1S/C11H7N3S/c1-2-5-14-8-9(7-12)11(13-14)10-4-3-6-15-10/h1,3-4,6,8H,5H2. The molecule has 0 spiro atoms. The van der Waals surface area contributed by atoms with Gasteiger partial charge in [0.15, 0.2) is 0 Å². The van der Waals surface area contributed by atoms with Crippen molar-refractivity contribution in [2.45, 2.75) is 6.54 Å². The van der Waals surface area contributed by atoms with E-state index in [0.717, 1.165) is 4.88 Å². The van der Waals surface area contributed by atoms with E-state index in [4.69, 9.17) is 11.7 Å². The molecule has 0 aliphatic rings. The summed E-state index contributed by atoms with van der Waals surface area (Å²) >= 11 is 1.56. The van der Waals surface area contributed by atoms with Crippen LogP contribution in [-0.2, 0) is 6.54 Å². The summed E-state index contributed by atoms with van der Waals surface area (Å²) < 4.78 is 1.60. The van der Waals surface area contributed by atoms with Gasteiger partial charge in [-0.15, -0.1) is 17.8 Å². The second-order valence-electron chi connectivity index (χ2n) is 2.88. The molecule has 0 amide bonds. The van der Waals surface area contributed by atoms with E-state index in [0.29, 0.717) is 17.8 Å². The third-order valence-electron chi connectivity index (χ3n) is 1.89. The van der Waals surface area contributed by atoms with Crippen LogP contribution in [0.25, 0.3) is 10.6 Å². The Bertz CT molecular complexity index is 537. The molecule has 0 saturated heterocycles. The molecule has 0 unspecified atom stereocenters. The Labute approximate surface area is 91.6 Å². The van der Waals surface area contributed by atoms with Crippen molar-refractivity contribution in [3.63, 3.8) is 0 Å². The zero-order chi connectivity index (χ0) is 10.7. The van der Waals surface area contributed by atoms with Crippen molar-refractivity contribution in [3.05, 3.63) is 29.3 Å². The number of hydrogen-bond acceptors (Lipinski definition) is 3. The minimum atomic E-state index is 0.389. The average Bonchev–Trinajstić information content (AvgIpc) is 2.84. The van der Waals surface area contributed by atoms with E-state index in [2.05, 4.69) is 17.1 Å². The molecule has 2 heterocycles. The van der Waals surface area contributed by atoms with Crippen molar-refractivity contribution in [3.8, 4) is 29.0 Å². The maximum absolute atomic E-state index is 8.95. The van der Waals surface area contributed by atoms with Crippen molar-refractivity contribution in [1.29, 1.82) is 5.26 Å². The third kappa shape index (κ3) is 1.76. The van der Waals surface area contributed by atoms with Crippen LogP contribution in [0.2, 0.25) is 0 Å². The number of nitriles is 1. The second kappa shape index (κ2) is 4.00. The van der Waals surface area contributed by atoms with E-state index >= 15 is 0 Å². The first-order valence-corrected chi connectivity index (χ1v) is 5.18. The largest absolute Gasteiger partial charge is 0.259 e. The molecule has 0 aromatic carbocycles. The SMILES string of the molecule is C#CCn1cc(C#N)c(-c2cccs2)n1. The lowest BCUT2D eigenvalue weighted by atomic mass is 10.2. The summed E-state index contributed by atoms with van der Waals surface area (Å²) in [6.45, 7) is 0.389. The number of thiophene rings is 1. The highest BCUT2D eigenvalue weighted by Crippen LogP contribution is 2.25. The maximum atomic E-state index is 8.95. The monoisotopic (exact) mass is 213 g/mol. The van der Waals surface area contributed by atoms with Crippen LogP contribution in [0.3, 0.4) is 0 Å². The van der Waals surface area contributed by atoms with Gasteiger partial charge < -0.3 is 0 Å². The summed E-state index contributed by atoms with van der Waals surface area (Å²) in [6.07, 6.45) is 6.86. The Balaban J connectivity index is 2.48. The molecule has 4 heteroatoms. The molecule has 0 N–H and O–H groups in total. The van der Waals surface area contributed by atoms with E-state index in [9.17, 15) is 0 Å². The van der Waals surface area contributed by atoms with Crippen LogP contribution in [0.15, 0.2) is 23.7 Å². The highest BCUT2D eigenvalue weighted by molar-refractivity contribution is 7.13. The molecule has 15 heavy (non-hydrogen) atoms. The Kier molecular flexibility index (Phi) is 2.53. The van der Waals surface area contributed by atoms with Crippen LogP contribution in [0.4, 0.5) is 0 Å². The van der Waals surface area contributed by atoms with Gasteiger partial charge in [0.25, 0.3) is 0 Å². The number of rotatable bonds is 2. The first-order valence-electron chi connectivity index (χ1n) is 4.30. The quantitative estimate of drug-likeness (QED) is 0.717. The molecule has 0 atom stereocenters. The van der Waals surface area contributed by atoms with Gasteiger partial charge in [0.1, 0.15) is 18.3 Å². The lowest BCUT2D eigenvalue weighted by Gasteiger charge is -1.91. The molecule has 2 rings (SSSR count). The predicted octanol–water partition coefficient (Wildman–Crippen LogP) is 2.12. The minimum Gasteiger partial charge on any atom is -0.259 e. The molecule has 0 saturated carbocycles. The topological polar surface area (TPSA) is 41.6 Å². The molecular weight excluding hydrogens is 206 g/mol. The summed E-state index contributed by atoms with van der Waals surface area (Å²) in [5, 5.41) is 15.2. The van der Waals surface area contributed by atoms with Gasteiger partial charge in [-0.25, -0.2) is 0 Å². The van der Waals surface area contributed by atoms with E-state index < -0.39 is 0 Å². The molecular formula is C11H7N3S. The minimum absolute atomic E-state index is 0.389. The predicted molar refractivity (Wildman–Crippen MR) is 59.1 cm³/mol. The zero-order valence-corrected chi connectivity index (χ0v) is 8.66. The highest BCUT2D eigenvalue weighted by Gasteiger charge is 2.10. The molecule has 2 aromatic rings. The fraction of sp³-hybridized carbons (Fsp3) is 0.0909. The van der Waals surface area contributed by atoms with Gasteiger partial charge in [-0.3, -0.25) is 4.68 Å². The van der Waals surface area contributed by atoms with E-state index in [1.54, 1.807) is 22.2 Å². The Morgan fingerprint density at radius 1 is 1.60 bits per heavy atom. The lowest BCUT2D eigenvalue weighted by Crippen LogP contribution is -1.95. The fourth-order valence-corrected chi connectivity index (χ4v) is 2.00. The lowest BCUT2D eigenvalue weighted by molar-refractivity contribution is 0.718. The Hall–Kier alpha value is -2.04. The van der Waals surface area contributed by atoms with Gasteiger partial charge in [-0.05, 0) is 11.4 Å². The van der Waals surface area contributed by atoms with Crippen LogP contribution in [-0.4, -0.2) is 9.78 Å². The summed E-state index contributed by atoms with van der Waals surface area (Å²) in [5.74, 6) is 2.49. The molecule has 2 aromatic heterocycles. The number of terminal acetylenes is 1. The summed E-state index contributed by atoms with van der Waals surface area (Å²) in [7, 11) is 0.